The Morgan fingerprint density at radius 2 is 1.10 bits per heavy atom. The second-order valence-electron chi connectivity index (χ2n) is 3.95. The second-order valence-corrected chi connectivity index (χ2v) is 10.7. The Bertz CT molecular complexity index is 192. The zero-order valence-electron chi connectivity index (χ0n) is 11.6. The van der Waals surface area contributed by atoms with E-state index in [0.717, 1.165) is 45.5 Å². The lowest BCUT2D eigenvalue weighted by molar-refractivity contribution is 1.12. The molecule has 0 rings (SSSR count). The van der Waals surface area contributed by atoms with Crippen molar-refractivity contribution in [3.8, 4) is 0 Å². The summed E-state index contributed by atoms with van der Waals surface area (Å²) in [5.74, 6) is 11.0. The van der Waals surface area contributed by atoms with Crippen LogP contribution in [0.15, 0.2) is 0 Å². The molecule has 0 aliphatic rings. The van der Waals surface area contributed by atoms with Crippen molar-refractivity contribution < 1.29 is 0 Å². The van der Waals surface area contributed by atoms with Gasteiger partial charge in [-0.15, -0.1) is 0 Å². The van der Waals surface area contributed by atoms with Crippen molar-refractivity contribution in [3.05, 3.63) is 0 Å². The van der Waals surface area contributed by atoms with Crippen LogP contribution in [0.3, 0.4) is 0 Å². The van der Waals surface area contributed by atoms with Gasteiger partial charge in [0.05, 0.1) is 0 Å². The molecular weight excluding hydrogens is 401 g/mol. The summed E-state index contributed by atoms with van der Waals surface area (Å²) in [4.78, 5) is 0. The van der Waals surface area contributed by atoms with Crippen molar-refractivity contribution in [3.63, 3.8) is 0 Å². The number of thioether (sulfide) groups is 4. The molecule has 0 aromatic rings. The van der Waals surface area contributed by atoms with E-state index in [2.05, 4.69) is 74.0 Å². The SMILES string of the molecule is SCCSCC(CSCC(CS)SCCS)SCCS. The molecule has 0 aromatic carbocycles. The van der Waals surface area contributed by atoms with Gasteiger partial charge in [0, 0.05) is 50.8 Å². The van der Waals surface area contributed by atoms with Crippen LogP contribution in [0.1, 0.15) is 0 Å². The highest BCUT2D eigenvalue weighted by Crippen LogP contribution is 2.24. The fraction of sp³-hybridized carbons (Fsp3) is 1.00. The zero-order valence-corrected chi connectivity index (χ0v) is 18.5. The standard InChI is InChI=1S/C12H26S8/c13-1-4-17-9-12(20-6-3-15)10-18-8-11(7-16)19-5-2-14/h11-16H,1-10H2. The number of hydrogen-bond acceptors (Lipinski definition) is 8. The van der Waals surface area contributed by atoms with Gasteiger partial charge in [-0.3, -0.25) is 0 Å². The van der Waals surface area contributed by atoms with Crippen LogP contribution in [0.25, 0.3) is 0 Å². The van der Waals surface area contributed by atoms with Gasteiger partial charge in [-0.25, -0.2) is 0 Å². The molecule has 0 saturated carbocycles. The number of hydrogen-bond donors (Lipinski definition) is 4. The summed E-state index contributed by atoms with van der Waals surface area (Å²) in [6, 6.07) is 0. The molecule has 0 heterocycles. The van der Waals surface area contributed by atoms with Crippen LogP contribution in [0.4, 0.5) is 0 Å². The molecule has 20 heavy (non-hydrogen) atoms. The first-order chi connectivity index (χ1) is 9.78. The Balaban J connectivity index is 3.84. The highest BCUT2D eigenvalue weighted by Gasteiger charge is 2.12. The molecule has 2 atom stereocenters. The van der Waals surface area contributed by atoms with E-state index in [1.807, 2.05) is 23.5 Å². The summed E-state index contributed by atoms with van der Waals surface area (Å²) in [5, 5.41) is 1.41. The van der Waals surface area contributed by atoms with E-state index in [4.69, 9.17) is 0 Å². The third kappa shape index (κ3) is 14.4. The summed E-state index contributed by atoms with van der Waals surface area (Å²) in [6.45, 7) is 0. The monoisotopic (exact) mass is 426 g/mol. The molecule has 0 aliphatic heterocycles. The van der Waals surface area contributed by atoms with Crippen molar-refractivity contribution >= 4 is 97.6 Å². The third-order valence-corrected chi connectivity index (χ3v) is 10.0. The van der Waals surface area contributed by atoms with Crippen LogP contribution in [0.2, 0.25) is 0 Å². The lowest BCUT2D eigenvalue weighted by Gasteiger charge is -2.18. The van der Waals surface area contributed by atoms with Crippen molar-refractivity contribution in [1.29, 1.82) is 0 Å². The minimum Gasteiger partial charge on any atom is -0.179 e. The molecule has 0 fully saturated rings. The summed E-state index contributed by atoms with van der Waals surface area (Å²) in [6.07, 6.45) is 0. The number of rotatable bonds is 15. The minimum atomic E-state index is 0.663. The van der Waals surface area contributed by atoms with Gasteiger partial charge < -0.3 is 0 Å². The largest absolute Gasteiger partial charge is 0.179 e. The van der Waals surface area contributed by atoms with Gasteiger partial charge in [-0.1, -0.05) is 0 Å². The Morgan fingerprint density at radius 3 is 1.65 bits per heavy atom. The molecule has 0 nitrogen and oxygen atoms in total. The van der Waals surface area contributed by atoms with Crippen molar-refractivity contribution in [2.24, 2.45) is 0 Å². The Morgan fingerprint density at radius 1 is 0.600 bits per heavy atom. The van der Waals surface area contributed by atoms with E-state index >= 15 is 0 Å². The van der Waals surface area contributed by atoms with Crippen molar-refractivity contribution in [2.75, 3.05) is 57.5 Å². The predicted octanol–water partition coefficient (Wildman–Crippen LogP) is 4.38. The molecule has 0 saturated heterocycles. The first-order valence-corrected chi connectivity index (χ1v) is 13.5. The first kappa shape index (κ1) is 22.8. The van der Waals surface area contributed by atoms with Crippen LogP contribution in [-0.4, -0.2) is 68.0 Å². The maximum atomic E-state index is 4.45. The lowest BCUT2D eigenvalue weighted by atomic mass is 10.5. The van der Waals surface area contributed by atoms with E-state index in [1.165, 1.54) is 17.3 Å². The molecule has 0 radical (unpaired) electrons. The van der Waals surface area contributed by atoms with Gasteiger partial charge in [0.15, 0.2) is 0 Å². The van der Waals surface area contributed by atoms with Crippen LogP contribution in [0, 0.1) is 0 Å². The fourth-order valence-corrected chi connectivity index (χ4v) is 7.71. The molecule has 0 spiro atoms. The van der Waals surface area contributed by atoms with Gasteiger partial charge in [0.1, 0.15) is 0 Å². The van der Waals surface area contributed by atoms with Crippen LogP contribution >= 0.6 is 97.6 Å². The quantitative estimate of drug-likeness (QED) is 0.226. The molecular formula is C12H26S8. The first-order valence-electron chi connectivity index (χ1n) is 6.60. The molecule has 0 amide bonds. The van der Waals surface area contributed by atoms with Crippen molar-refractivity contribution in [2.45, 2.75) is 10.5 Å². The molecule has 0 N–H and O–H groups in total. The van der Waals surface area contributed by atoms with Crippen LogP contribution < -0.4 is 0 Å². The maximum absolute atomic E-state index is 4.45. The van der Waals surface area contributed by atoms with Gasteiger partial charge in [0.2, 0.25) is 0 Å². The second kappa shape index (κ2) is 18.1. The van der Waals surface area contributed by atoms with Gasteiger partial charge >= 0.3 is 0 Å². The Hall–Kier alpha value is 2.80. The molecule has 8 heteroatoms. The Labute approximate surface area is 164 Å². The number of thiol groups is 4. The average Bonchev–Trinajstić information content (AvgIpc) is 2.47. The third-order valence-electron chi connectivity index (χ3n) is 2.24. The summed E-state index contributed by atoms with van der Waals surface area (Å²) >= 11 is 25.5. The van der Waals surface area contributed by atoms with E-state index in [1.54, 1.807) is 0 Å². The van der Waals surface area contributed by atoms with Crippen LogP contribution in [-0.2, 0) is 0 Å². The van der Waals surface area contributed by atoms with E-state index in [-0.39, 0.29) is 0 Å². The van der Waals surface area contributed by atoms with E-state index in [0.29, 0.717) is 5.25 Å². The molecule has 0 aliphatic carbocycles. The molecule has 0 bridgehead atoms. The predicted molar refractivity (Wildman–Crippen MR) is 123 cm³/mol. The van der Waals surface area contributed by atoms with Gasteiger partial charge in [-0.05, 0) is 17.3 Å². The summed E-state index contributed by atoms with van der Waals surface area (Å²) in [5.41, 5.74) is 0. The van der Waals surface area contributed by atoms with Gasteiger partial charge in [0.25, 0.3) is 0 Å². The summed E-state index contributed by atoms with van der Waals surface area (Å²) < 4.78 is 0. The van der Waals surface area contributed by atoms with E-state index in [9.17, 15) is 0 Å². The average molecular weight is 427 g/mol. The highest BCUT2D eigenvalue weighted by molar-refractivity contribution is 8.06. The summed E-state index contributed by atoms with van der Waals surface area (Å²) in [7, 11) is 0. The molecule has 0 aromatic heterocycles. The van der Waals surface area contributed by atoms with Crippen molar-refractivity contribution in [1.82, 2.24) is 0 Å². The molecule has 2 unspecified atom stereocenters. The Kier molecular flexibility index (Phi) is 20.7. The topological polar surface area (TPSA) is 0 Å². The zero-order chi connectivity index (χ0) is 15.1. The smallest absolute Gasteiger partial charge is 0.0229 e. The van der Waals surface area contributed by atoms with Crippen LogP contribution in [0.5, 0.6) is 0 Å². The van der Waals surface area contributed by atoms with Gasteiger partial charge in [-0.2, -0.15) is 97.6 Å². The normalized spacial score (nSPS) is 14.4. The minimum absolute atomic E-state index is 0.663. The van der Waals surface area contributed by atoms with E-state index < -0.39 is 0 Å². The fourth-order valence-electron chi connectivity index (χ4n) is 1.35. The highest BCUT2D eigenvalue weighted by atomic mass is 32.2. The lowest BCUT2D eigenvalue weighted by Crippen LogP contribution is -2.16. The maximum Gasteiger partial charge on any atom is 0.0229 e. The molecule has 122 valence electrons.